The van der Waals surface area contributed by atoms with Gasteiger partial charge in [-0.3, -0.25) is 4.68 Å². The van der Waals surface area contributed by atoms with Gasteiger partial charge in [0.25, 0.3) is 0 Å². The van der Waals surface area contributed by atoms with E-state index in [0.29, 0.717) is 22.2 Å². The van der Waals surface area contributed by atoms with Crippen LogP contribution < -0.4 is 0 Å². The van der Waals surface area contributed by atoms with E-state index in [9.17, 15) is 13.2 Å². The van der Waals surface area contributed by atoms with Crippen molar-refractivity contribution in [2.45, 2.75) is 44.8 Å². The summed E-state index contributed by atoms with van der Waals surface area (Å²) in [5.74, 6) is 0.628. The van der Waals surface area contributed by atoms with Crippen LogP contribution in [0.5, 0.6) is 0 Å². The van der Waals surface area contributed by atoms with Crippen molar-refractivity contribution in [1.82, 2.24) is 9.78 Å². The predicted molar refractivity (Wildman–Crippen MR) is 84.3 cm³/mol. The Balaban J connectivity index is 2.02. The Morgan fingerprint density at radius 2 is 1.70 bits per heavy atom. The summed E-state index contributed by atoms with van der Waals surface area (Å²) < 4.78 is 40.8. The molecular weight excluding hydrogens is 325 g/mol. The van der Waals surface area contributed by atoms with Gasteiger partial charge in [0.05, 0.1) is 11.7 Å². The number of alkyl halides is 3. The van der Waals surface area contributed by atoms with Crippen molar-refractivity contribution < 1.29 is 13.2 Å². The Morgan fingerprint density at radius 3 is 2.26 bits per heavy atom. The van der Waals surface area contributed by atoms with Gasteiger partial charge in [-0.15, -0.1) is 0 Å². The largest absolute Gasteiger partial charge is 0.435 e. The molecule has 2 nitrogen and oxygen atoms in total. The van der Waals surface area contributed by atoms with Gasteiger partial charge < -0.3 is 0 Å². The van der Waals surface area contributed by atoms with E-state index in [4.69, 9.17) is 11.6 Å². The van der Waals surface area contributed by atoms with Crippen molar-refractivity contribution in [2.24, 2.45) is 5.92 Å². The maximum Gasteiger partial charge on any atom is 0.435 e. The molecule has 1 aromatic carbocycles. The lowest BCUT2D eigenvalue weighted by molar-refractivity contribution is -0.141. The van der Waals surface area contributed by atoms with Gasteiger partial charge in [-0.1, -0.05) is 30.7 Å². The molecule has 3 rings (SSSR count). The molecule has 1 saturated carbocycles. The van der Waals surface area contributed by atoms with E-state index in [0.717, 1.165) is 31.7 Å². The molecule has 23 heavy (non-hydrogen) atoms. The molecule has 0 N–H and O–H groups in total. The van der Waals surface area contributed by atoms with Gasteiger partial charge in [0.15, 0.2) is 5.69 Å². The van der Waals surface area contributed by atoms with Crippen LogP contribution in [-0.4, -0.2) is 9.78 Å². The molecule has 0 atom stereocenters. The molecule has 1 heterocycles. The lowest BCUT2D eigenvalue weighted by Gasteiger charge is -2.27. The van der Waals surface area contributed by atoms with Crippen LogP contribution in [0.4, 0.5) is 13.2 Å². The third-order valence-corrected chi connectivity index (χ3v) is 4.75. The zero-order chi connectivity index (χ0) is 16.6. The van der Waals surface area contributed by atoms with E-state index in [1.54, 1.807) is 28.9 Å². The Bertz CT molecular complexity index is 668. The quantitative estimate of drug-likeness (QED) is 0.657. The van der Waals surface area contributed by atoms with Gasteiger partial charge in [0.1, 0.15) is 0 Å². The minimum absolute atomic E-state index is 0.0213. The molecule has 6 heteroatoms. The van der Waals surface area contributed by atoms with Crippen molar-refractivity contribution in [3.8, 4) is 11.3 Å². The first-order valence-electron chi connectivity index (χ1n) is 7.77. The Morgan fingerprint density at radius 1 is 1.09 bits per heavy atom. The van der Waals surface area contributed by atoms with Gasteiger partial charge in [-0.2, -0.15) is 18.3 Å². The summed E-state index contributed by atoms with van der Waals surface area (Å²) in [4.78, 5) is 0. The van der Waals surface area contributed by atoms with E-state index >= 15 is 0 Å². The molecule has 0 radical (unpaired) electrons. The average Bonchev–Trinajstić information content (AvgIpc) is 2.94. The highest BCUT2D eigenvalue weighted by Crippen LogP contribution is 2.38. The summed E-state index contributed by atoms with van der Waals surface area (Å²) in [6, 6.07) is 8.01. The van der Waals surface area contributed by atoms with Crippen LogP contribution in [0.1, 0.15) is 44.3 Å². The molecule has 0 bridgehead atoms. The zero-order valence-corrected chi connectivity index (χ0v) is 13.5. The Hall–Kier alpha value is -1.49. The fourth-order valence-corrected chi connectivity index (χ4v) is 3.26. The topological polar surface area (TPSA) is 17.8 Å². The molecule has 0 saturated heterocycles. The van der Waals surface area contributed by atoms with Crippen molar-refractivity contribution in [1.29, 1.82) is 0 Å². The maximum absolute atomic E-state index is 13.1. The van der Waals surface area contributed by atoms with Crippen molar-refractivity contribution in [3.63, 3.8) is 0 Å². The molecule has 1 fully saturated rings. The van der Waals surface area contributed by atoms with Gasteiger partial charge >= 0.3 is 6.18 Å². The summed E-state index contributed by atoms with van der Waals surface area (Å²) in [7, 11) is 0. The van der Waals surface area contributed by atoms with Crippen molar-refractivity contribution in [2.75, 3.05) is 0 Å². The van der Waals surface area contributed by atoms with E-state index in [1.807, 2.05) is 0 Å². The molecule has 124 valence electrons. The number of aromatic nitrogens is 2. The normalized spacial score (nSPS) is 22.3. The van der Waals surface area contributed by atoms with Crippen LogP contribution in [0.2, 0.25) is 5.02 Å². The third kappa shape index (κ3) is 3.55. The first-order chi connectivity index (χ1) is 10.8. The minimum Gasteiger partial charge on any atom is -0.261 e. The summed E-state index contributed by atoms with van der Waals surface area (Å²) in [6.07, 6.45) is -0.673. The predicted octanol–water partition coefficient (Wildman–Crippen LogP) is 5.97. The van der Waals surface area contributed by atoms with Crippen molar-refractivity contribution >= 4 is 11.6 Å². The minimum atomic E-state index is -4.44. The maximum atomic E-state index is 13.1. The first-order valence-corrected chi connectivity index (χ1v) is 8.15. The van der Waals surface area contributed by atoms with E-state index in [-0.39, 0.29) is 6.04 Å². The van der Waals surface area contributed by atoms with E-state index < -0.39 is 11.9 Å². The number of rotatable bonds is 2. The molecular formula is C17H18ClF3N2. The van der Waals surface area contributed by atoms with Gasteiger partial charge in [-0.05, 0) is 55.4 Å². The monoisotopic (exact) mass is 342 g/mol. The SMILES string of the molecule is CC1CCC(n2nc(C(F)(F)F)cc2-c2ccc(Cl)cc2)CC1. The number of halogens is 4. The van der Waals surface area contributed by atoms with Crippen LogP contribution in [0.15, 0.2) is 30.3 Å². The molecule has 0 unspecified atom stereocenters. The highest BCUT2D eigenvalue weighted by Gasteiger charge is 2.36. The molecule has 2 aromatic rings. The van der Waals surface area contributed by atoms with Gasteiger partial charge in [0.2, 0.25) is 0 Å². The van der Waals surface area contributed by atoms with Crippen LogP contribution in [0.25, 0.3) is 11.3 Å². The second-order valence-corrected chi connectivity index (χ2v) is 6.71. The van der Waals surface area contributed by atoms with Crippen LogP contribution >= 0.6 is 11.6 Å². The van der Waals surface area contributed by atoms with E-state index in [2.05, 4.69) is 12.0 Å². The Kier molecular flexibility index (Phi) is 4.41. The molecule has 1 aliphatic carbocycles. The van der Waals surface area contributed by atoms with Crippen LogP contribution in [0, 0.1) is 5.92 Å². The smallest absolute Gasteiger partial charge is 0.261 e. The van der Waals surface area contributed by atoms with E-state index in [1.165, 1.54) is 0 Å². The summed E-state index contributed by atoms with van der Waals surface area (Å²) >= 11 is 5.88. The highest BCUT2D eigenvalue weighted by atomic mass is 35.5. The molecule has 0 spiro atoms. The molecule has 0 amide bonds. The second kappa shape index (κ2) is 6.19. The van der Waals surface area contributed by atoms with Crippen LogP contribution in [0.3, 0.4) is 0 Å². The number of benzene rings is 1. The van der Waals surface area contributed by atoms with Crippen molar-refractivity contribution in [3.05, 3.63) is 41.0 Å². The third-order valence-electron chi connectivity index (χ3n) is 4.50. The zero-order valence-electron chi connectivity index (χ0n) is 12.8. The fourth-order valence-electron chi connectivity index (χ4n) is 3.13. The summed E-state index contributed by atoms with van der Waals surface area (Å²) in [6.45, 7) is 2.18. The fraction of sp³-hybridized carbons (Fsp3) is 0.471. The second-order valence-electron chi connectivity index (χ2n) is 6.28. The summed E-state index contributed by atoms with van der Waals surface area (Å²) in [5, 5.41) is 4.45. The standard InChI is InChI=1S/C17H18ClF3N2/c1-11-2-8-14(9-3-11)23-15(10-16(22-23)17(19,20)21)12-4-6-13(18)7-5-12/h4-7,10-11,14H,2-3,8-9H2,1H3. The number of nitrogens with zero attached hydrogens (tertiary/aromatic N) is 2. The van der Waals surface area contributed by atoms with Gasteiger partial charge in [0, 0.05) is 5.02 Å². The molecule has 0 aliphatic heterocycles. The molecule has 1 aliphatic rings. The molecule has 1 aromatic heterocycles. The average molecular weight is 343 g/mol. The summed E-state index contributed by atoms with van der Waals surface area (Å²) in [5.41, 5.74) is 0.380. The number of hydrogen-bond donors (Lipinski definition) is 0. The lowest BCUT2D eigenvalue weighted by atomic mass is 9.87. The van der Waals surface area contributed by atoms with Gasteiger partial charge in [-0.25, -0.2) is 0 Å². The van der Waals surface area contributed by atoms with Crippen LogP contribution in [-0.2, 0) is 6.18 Å². The lowest BCUT2D eigenvalue weighted by Crippen LogP contribution is -2.19. The Labute approximate surface area is 138 Å². The number of hydrogen-bond acceptors (Lipinski definition) is 1. The highest BCUT2D eigenvalue weighted by molar-refractivity contribution is 6.30. The first kappa shape index (κ1) is 16.4.